The van der Waals surface area contributed by atoms with E-state index in [0.29, 0.717) is 13.0 Å². The van der Waals surface area contributed by atoms with Crippen LogP contribution in [0.5, 0.6) is 0 Å². The topological polar surface area (TPSA) is 63.4 Å². The minimum Gasteiger partial charge on any atom is -0.368 e. The molecule has 0 saturated carbocycles. The zero-order valence-electron chi connectivity index (χ0n) is 13.1. The third-order valence-corrected chi connectivity index (χ3v) is 5.05. The van der Waals surface area contributed by atoms with Gasteiger partial charge in [0.05, 0.1) is 0 Å². The van der Waals surface area contributed by atoms with Crippen LogP contribution in [0.25, 0.3) is 0 Å². The van der Waals surface area contributed by atoms with Crippen molar-refractivity contribution in [2.45, 2.75) is 38.6 Å². The Morgan fingerprint density at radius 3 is 2.82 bits per heavy atom. The van der Waals surface area contributed by atoms with Gasteiger partial charge in [0, 0.05) is 18.7 Å². The first-order valence-corrected chi connectivity index (χ1v) is 9.05. The third-order valence-electron chi connectivity index (χ3n) is 3.98. The predicted octanol–water partition coefficient (Wildman–Crippen LogP) is 2.52. The smallest absolute Gasteiger partial charge is 0.244 e. The van der Waals surface area contributed by atoms with Gasteiger partial charge in [-0.3, -0.25) is 9.59 Å². The fourth-order valence-corrected chi connectivity index (χ4v) is 3.81. The van der Waals surface area contributed by atoms with Crippen molar-refractivity contribution in [1.82, 2.24) is 4.90 Å². The number of rotatable bonds is 7. The van der Waals surface area contributed by atoms with Gasteiger partial charge in [-0.2, -0.15) is 11.8 Å². The highest BCUT2D eigenvalue weighted by molar-refractivity contribution is 7.99. The first kappa shape index (κ1) is 16.9. The summed E-state index contributed by atoms with van der Waals surface area (Å²) in [5, 5.41) is 0. The van der Waals surface area contributed by atoms with Crippen LogP contribution in [-0.2, 0) is 16.0 Å². The Hall–Kier alpha value is -1.49. The maximum atomic E-state index is 12.5. The first-order valence-electron chi connectivity index (χ1n) is 7.89. The summed E-state index contributed by atoms with van der Waals surface area (Å²) in [4.78, 5) is 26.0. The summed E-state index contributed by atoms with van der Waals surface area (Å²) in [5.74, 6) is 1.48. The molecule has 1 aliphatic heterocycles. The molecule has 2 rings (SSSR count). The number of carbonyl (C=O) groups excluding carboxylic acids is 2. The number of amides is 2. The molecular weight excluding hydrogens is 296 g/mol. The van der Waals surface area contributed by atoms with Gasteiger partial charge in [-0.15, -0.1) is 0 Å². The number of hydrogen-bond donors (Lipinski definition) is 1. The lowest BCUT2D eigenvalue weighted by atomic mass is 9.92. The van der Waals surface area contributed by atoms with E-state index >= 15 is 0 Å². The molecule has 5 heteroatoms. The van der Waals surface area contributed by atoms with Gasteiger partial charge in [0.1, 0.15) is 6.04 Å². The van der Waals surface area contributed by atoms with Crippen LogP contribution in [0.15, 0.2) is 24.3 Å². The highest BCUT2D eigenvalue weighted by Gasteiger charge is 2.33. The van der Waals surface area contributed by atoms with E-state index in [1.54, 1.807) is 16.7 Å². The Morgan fingerprint density at radius 2 is 2.09 bits per heavy atom. The van der Waals surface area contributed by atoms with E-state index in [0.717, 1.165) is 29.1 Å². The average molecular weight is 320 g/mol. The molecule has 0 bridgehead atoms. The molecule has 0 spiro atoms. The lowest BCUT2D eigenvalue weighted by Crippen LogP contribution is -2.45. The molecule has 1 aromatic carbocycles. The fourth-order valence-electron chi connectivity index (χ4n) is 2.79. The maximum Gasteiger partial charge on any atom is 0.244 e. The molecule has 0 aromatic heterocycles. The number of nitrogens with zero attached hydrogens (tertiary/aromatic N) is 1. The molecule has 120 valence electrons. The van der Waals surface area contributed by atoms with Crippen molar-refractivity contribution in [3.63, 3.8) is 0 Å². The van der Waals surface area contributed by atoms with Crippen molar-refractivity contribution in [2.75, 3.05) is 18.1 Å². The van der Waals surface area contributed by atoms with Gasteiger partial charge in [0.15, 0.2) is 0 Å². The number of hydrogen-bond acceptors (Lipinski definition) is 3. The van der Waals surface area contributed by atoms with Crippen LogP contribution in [0.3, 0.4) is 0 Å². The summed E-state index contributed by atoms with van der Waals surface area (Å²) >= 11 is 1.80. The van der Waals surface area contributed by atoms with Crippen LogP contribution in [-0.4, -0.2) is 34.8 Å². The van der Waals surface area contributed by atoms with E-state index in [4.69, 9.17) is 5.73 Å². The standard InChI is InChI=1S/C17H24N2O2S/c1-2-3-11-22-12-9-15(20)19-10-8-13-6-4-5-7-14(13)16(19)17(18)21/h4-7,16H,2-3,8-12H2,1H3,(H2,18,21)/t16-/m1/s1. The number of fused-ring (bicyclic) bond motifs is 1. The number of carbonyl (C=O) groups is 2. The zero-order chi connectivity index (χ0) is 15.9. The molecule has 0 aliphatic carbocycles. The second-order valence-electron chi connectivity index (χ2n) is 5.56. The molecule has 2 N–H and O–H groups in total. The second kappa shape index (κ2) is 8.22. The molecule has 0 saturated heterocycles. The second-order valence-corrected chi connectivity index (χ2v) is 6.78. The van der Waals surface area contributed by atoms with Crippen LogP contribution in [0, 0.1) is 0 Å². The molecule has 0 radical (unpaired) electrons. The van der Waals surface area contributed by atoms with Gasteiger partial charge in [0.2, 0.25) is 11.8 Å². The number of nitrogens with two attached hydrogens (primary N) is 1. The monoisotopic (exact) mass is 320 g/mol. The highest BCUT2D eigenvalue weighted by atomic mass is 32.2. The summed E-state index contributed by atoms with van der Waals surface area (Å²) in [5.41, 5.74) is 7.57. The lowest BCUT2D eigenvalue weighted by Gasteiger charge is -2.35. The zero-order valence-corrected chi connectivity index (χ0v) is 13.9. The van der Waals surface area contributed by atoms with Crippen molar-refractivity contribution in [3.05, 3.63) is 35.4 Å². The van der Waals surface area contributed by atoms with E-state index in [1.807, 2.05) is 24.3 Å². The van der Waals surface area contributed by atoms with Gasteiger partial charge in [-0.25, -0.2) is 0 Å². The average Bonchev–Trinajstić information content (AvgIpc) is 2.53. The highest BCUT2D eigenvalue weighted by Crippen LogP contribution is 2.30. The summed E-state index contributed by atoms with van der Waals surface area (Å²) in [7, 11) is 0. The SMILES string of the molecule is CCCCSCCC(=O)N1CCc2ccccc2[C@@H]1C(N)=O. The summed E-state index contributed by atoms with van der Waals surface area (Å²) in [6, 6.07) is 7.15. The van der Waals surface area contributed by atoms with E-state index in [1.165, 1.54) is 12.8 Å². The quantitative estimate of drug-likeness (QED) is 0.785. The lowest BCUT2D eigenvalue weighted by molar-refractivity contribution is -0.139. The maximum absolute atomic E-state index is 12.5. The Kier molecular flexibility index (Phi) is 6.31. The molecule has 22 heavy (non-hydrogen) atoms. The van der Waals surface area contributed by atoms with E-state index in [2.05, 4.69) is 6.92 Å². The molecule has 4 nitrogen and oxygen atoms in total. The predicted molar refractivity (Wildman–Crippen MR) is 90.6 cm³/mol. The van der Waals surface area contributed by atoms with E-state index in [-0.39, 0.29) is 5.91 Å². The van der Waals surface area contributed by atoms with Crippen LogP contribution < -0.4 is 5.73 Å². The van der Waals surface area contributed by atoms with Crippen molar-refractivity contribution >= 4 is 23.6 Å². The summed E-state index contributed by atoms with van der Waals surface area (Å²) < 4.78 is 0. The van der Waals surface area contributed by atoms with Crippen molar-refractivity contribution < 1.29 is 9.59 Å². The Balaban J connectivity index is 2.01. The van der Waals surface area contributed by atoms with Crippen molar-refractivity contribution in [3.8, 4) is 0 Å². The number of unbranched alkanes of at least 4 members (excludes halogenated alkanes) is 1. The summed E-state index contributed by atoms with van der Waals surface area (Å²) in [6.45, 7) is 2.73. The van der Waals surface area contributed by atoms with Gasteiger partial charge in [-0.05, 0) is 29.7 Å². The molecule has 1 heterocycles. The van der Waals surface area contributed by atoms with Crippen LogP contribution in [0.1, 0.15) is 43.4 Å². The van der Waals surface area contributed by atoms with Crippen LogP contribution in [0.2, 0.25) is 0 Å². The number of thioether (sulfide) groups is 1. The molecule has 1 aliphatic rings. The van der Waals surface area contributed by atoms with Gasteiger partial charge in [-0.1, -0.05) is 37.6 Å². The Labute approximate surface area is 136 Å². The number of benzene rings is 1. The van der Waals surface area contributed by atoms with Crippen LogP contribution >= 0.6 is 11.8 Å². The fraction of sp³-hybridized carbons (Fsp3) is 0.529. The molecule has 1 atom stereocenters. The first-order chi connectivity index (χ1) is 10.6. The minimum atomic E-state index is -0.613. The van der Waals surface area contributed by atoms with Crippen molar-refractivity contribution in [1.29, 1.82) is 0 Å². The van der Waals surface area contributed by atoms with Gasteiger partial charge < -0.3 is 10.6 Å². The Morgan fingerprint density at radius 1 is 1.32 bits per heavy atom. The van der Waals surface area contributed by atoms with Crippen molar-refractivity contribution in [2.24, 2.45) is 5.73 Å². The summed E-state index contributed by atoms with van der Waals surface area (Å²) in [6.07, 6.45) is 3.61. The van der Waals surface area contributed by atoms with Crippen LogP contribution in [0.4, 0.5) is 0 Å². The third kappa shape index (κ3) is 4.03. The van der Waals surface area contributed by atoms with Gasteiger partial charge >= 0.3 is 0 Å². The number of primary amides is 1. The Bertz CT molecular complexity index is 533. The molecule has 1 aromatic rings. The normalized spacial score (nSPS) is 17.1. The van der Waals surface area contributed by atoms with Gasteiger partial charge in [0.25, 0.3) is 0 Å². The van der Waals surface area contributed by atoms with E-state index < -0.39 is 11.9 Å². The largest absolute Gasteiger partial charge is 0.368 e. The minimum absolute atomic E-state index is 0.0299. The van der Waals surface area contributed by atoms with E-state index in [9.17, 15) is 9.59 Å². The molecule has 0 fully saturated rings. The molecule has 0 unspecified atom stereocenters. The molecular formula is C17H24N2O2S. The molecule has 2 amide bonds.